The van der Waals surface area contributed by atoms with Crippen molar-refractivity contribution in [1.82, 2.24) is 15.2 Å². The lowest BCUT2D eigenvalue weighted by atomic mass is 9.98. The molecule has 1 aliphatic heterocycles. The minimum Gasteiger partial charge on any atom is -0.332 e. The highest BCUT2D eigenvalue weighted by molar-refractivity contribution is 7.09. The van der Waals surface area contributed by atoms with Crippen LogP contribution in [0, 0.1) is 0 Å². The van der Waals surface area contributed by atoms with Crippen LogP contribution in [-0.2, 0) is 12.0 Å². The van der Waals surface area contributed by atoms with Crippen LogP contribution in [0.1, 0.15) is 64.1 Å². The molecule has 0 saturated carbocycles. The van der Waals surface area contributed by atoms with Crippen molar-refractivity contribution >= 4 is 17.4 Å². The third-order valence-corrected chi connectivity index (χ3v) is 5.29. The smallest absolute Gasteiger partial charge is 0.317 e. The number of aromatic nitrogens is 1. The van der Waals surface area contributed by atoms with Gasteiger partial charge in [0.2, 0.25) is 0 Å². The van der Waals surface area contributed by atoms with Crippen molar-refractivity contribution in [2.75, 3.05) is 6.54 Å². The SMILES string of the molecule is CCC1CCCCN1C(=O)NCc1csc(C(C)(C)C)n1. The average molecular weight is 309 g/mol. The number of nitrogens with zero attached hydrogens (tertiary/aromatic N) is 2. The van der Waals surface area contributed by atoms with E-state index in [-0.39, 0.29) is 11.4 Å². The number of carbonyl (C=O) groups excluding carboxylic acids is 1. The van der Waals surface area contributed by atoms with Gasteiger partial charge in [0.15, 0.2) is 0 Å². The fourth-order valence-corrected chi connectivity index (χ4v) is 3.60. The topological polar surface area (TPSA) is 45.2 Å². The number of nitrogens with one attached hydrogen (secondary N) is 1. The van der Waals surface area contributed by atoms with Gasteiger partial charge < -0.3 is 10.2 Å². The van der Waals surface area contributed by atoms with Gasteiger partial charge in [-0.15, -0.1) is 11.3 Å². The zero-order valence-corrected chi connectivity index (χ0v) is 14.4. The monoisotopic (exact) mass is 309 g/mol. The highest BCUT2D eigenvalue weighted by Gasteiger charge is 2.25. The van der Waals surface area contributed by atoms with E-state index in [9.17, 15) is 4.79 Å². The molecule has 2 amide bonds. The van der Waals surface area contributed by atoms with Crippen LogP contribution in [0.15, 0.2) is 5.38 Å². The largest absolute Gasteiger partial charge is 0.332 e. The van der Waals surface area contributed by atoms with E-state index in [0.717, 1.165) is 36.5 Å². The highest BCUT2D eigenvalue weighted by atomic mass is 32.1. The van der Waals surface area contributed by atoms with E-state index in [2.05, 4.69) is 38.0 Å². The summed E-state index contributed by atoms with van der Waals surface area (Å²) in [4.78, 5) is 19.0. The number of piperidine rings is 1. The minimum absolute atomic E-state index is 0.0619. The van der Waals surface area contributed by atoms with Crippen molar-refractivity contribution in [3.8, 4) is 0 Å². The average Bonchev–Trinajstić information content (AvgIpc) is 2.93. The van der Waals surface area contributed by atoms with E-state index in [0.29, 0.717) is 12.6 Å². The number of rotatable bonds is 3. The maximum absolute atomic E-state index is 12.3. The van der Waals surface area contributed by atoms with Crippen molar-refractivity contribution in [1.29, 1.82) is 0 Å². The Bertz CT molecular complexity index is 478. The molecule has 4 nitrogen and oxygen atoms in total. The van der Waals surface area contributed by atoms with Crippen LogP contribution in [-0.4, -0.2) is 28.5 Å². The van der Waals surface area contributed by atoms with E-state index in [1.807, 2.05) is 10.3 Å². The van der Waals surface area contributed by atoms with Crippen LogP contribution >= 0.6 is 11.3 Å². The summed E-state index contributed by atoms with van der Waals surface area (Å²) in [6.45, 7) is 10.1. The summed E-state index contributed by atoms with van der Waals surface area (Å²) in [5.41, 5.74) is 1.04. The lowest BCUT2D eigenvalue weighted by Crippen LogP contribution is -2.48. The number of carbonyl (C=O) groups is 1. The molecule has 1 N–H and O–H groups in total. The van der Waals surface area contributed by atoms with E-state index < -0.39 is 0 Å². The van der Waals surface area contributed by atoms with Crippen LogP contribution in [0.4, 0.5) is 4.79 Å². The van der Waals surface area contributed by atoms with E-state index in [1.54, 1.807) is 11.3 Å². The second kappa shape index (κ2) is 6.77. The number of hydrogen-bond donors (Lipinski definition) is 1. The summed E-state index contributed by atoms with van der Waals surface area (Å²) >= 11 is 1.67. The van der Waals surface area contributed by atoms with Crippen molar-refractivity contribution in [3.63, 3.8) is 0 Å². The lowest BCUT2D eigenvalue weighted by Gasteiger charge is -2.35. The molecule has 1 aromatic rings. The van der Waals surface area contributed by atoms with E-state index >= 15 is 0 Å². The van der Waals surface area contributed by atoms with Crippen molar-refractivity contribution < 1.29 is 4.79 Å². The molecule has 5 heteroatoms. The molecule has 118 valence electrons. The highest BCUT2D eigenvalue weighted by Crippen LogP contribution is 2.25. The molecule has 2 heterocycles. The van der Waals surface area contributed by atoms with Gasteiger partial charge in [-0.1, -0.05) is 27.7 Å². The number of urea groups is 1. The molecule has 0 bridgehead atoms. The molecule has 21 heavy (non-hydrogen) atoms. The number of hydrogen-bond acceptors (Lipinski definition) is 3. The predicted octanol–water partition coefficient (Wildman–Crippen LogP) is 3.91. The molecular formula is C16H27N3OS. The Morgan fingerprint density at radius 2 is 2.24 bits per heavy atom. The second-order valence-corrected chi connectivity index (χ2v) is 7.66. The van der Waals surface area contributed by atoms with Gasteiger partial charge in [0, 0.05) is 23.4 Å². The first-order valence-corrected chi connectivity index (χ1v) is 8.79. The van der Waals surface area contributed by atoms with Crippen LogP contribution < -0.4 is 5.32 Å². The first-order chi connectivity index (χ1) is 9.91. The van der Waals surface area contributed by atoms with Gasteiger partial charge in [-0.25, -0.2) is 9.78 Å². The Morgan fingerprint density at radius 1 is 1.48 bits per heavy atom. The summed E-state index contributed by atoms with van der Waals surface area (Å²) in [7, 11) is 0. The summed E-state index contributed by atoms with van der Waals surface area (Å²) < 4.78 is 0. The molecule has 0 spiro atoms. The van der Waals surface area contributed by atoms with Gasteiger partial charge in [-0.2, -0.15) is 0 Å². The van der Waals surface area contributed by atoms with Crippen LogP contribution in [0.3, 0.4) is 0 Å². The summed E-state index contributed by atoms with van der Waals surface area (Å²) in [6.07, 6.45) is 4.53. The zero-order chi connectivity index (χ0) is 15.5. The fraction of sp³-hybridized carbons (Fsp3) is 0.750. The minimum atomic E-state index is 0.0619. The molecular weight excluding hydrogens is 282 g/mol. The lowest BCUT2D eigenvalue weighted by molar-refractivity contribution is 0.148. The molecule has 0 aliphatic carbocycles. The van der Waals surface area contributed by atoms with E-state index in [1.165, 1.54) is 6.42 Å². The van der Waals surface area contributed by atoms with Crippen molar-refractivity contribution in [2.24, 2.45) is 0 Å². The third-order valence-electron chi connectivity index (χ3n) is 3.97. The molecule has 1 saturated heterocycles. The summed E-state index contributed by atoms with van der Waals surface area (Å²) in [5, 5.41) is 6.20. The van der Waals surface area contributed by atoms with Gasteiger partial charge in [0.1, 0.15) is 0 Å². The first kappa shape index (κ1) is 16.3. The third kappa shape index (κ3) is 4.19. The summed E-state index contributed by atoms with van der Waals surface area (Å²) in [5.74, 6) is 0. The fourth-order valence-electron chi connectivity index (χ4n) is 2.69. The van der Waals surface area contributed by atoms with Crippen LogP contribution in [0.5, 0.6) is 0 Å². The van der Waals surface area contributed by atoms with Gasteiger partial charge in [-0.05, 0) is 25.7 Å². The van der Waals surface area contributed by atoms with Crippen LogP contribution in [0.25, 0.3) is 0 Å². The number of thiazole rings is 1. The van der Waals surface area contributed by atoms with Gasteiger partial charge in [0.25, 0.3) is 0 Å². The molecule has 1 aliphatic rings. The molecule has 2 rings (SSSR count). The Balaban J connectivity index is 1.90. The Kier molecular flexibility index (Phi) is 5.25. The zero-order valence-electron chi connectivity index (χ0n) is 13.6. The Hall–Kier alpha value is -1.10. The van der Waals surface area contributed by atoms with Crippen LogP contribution in [0.2, 0.25) is 0 Å². The molecule has 1 aromatic heterocycles. The summed E-state index contributed by atoms with van der Waals surface area (Å²) in [6, 6.07) is 0.464. The quantitative estimate of drug-likeness (QED) is 0.920. The van der Waals surface area contributed by atoms with E-state index in [4.69, 9.17) is 0 Å². The second-order valence-electron chi connectivity index (χ2n) is 6.80. The molecule has 1 fully saturated rings. The molecule has 1 unspecified atom stereocenters. The maximum Gasteiger partial charge on any atom is 0.317 e. The standard InChI is InChI=1S/C16H27N3OS/c1-5-13-8-6-7-9-19(13)15(20)17-10-12-11-21-14(18-12)16(2,3)4/h11,13H,5-10H2,1-4H3,(H,17,20). The first-order valence-electron chi connectivity index (χ1n) is 7.91. The maximum atomic E-state index is 12.3. The van der Waals surface area contributed by atoms with Gasteiger partial charge in [0.05, 0.1) is 17.2 Å². The van der Waals surface area contributed by atoms with Gasteiger partial charge >= 0.3 is 6.03 Å². The predicted molar refractivity (Wildman–Crippen MR) is 87.7 cm³/mol. The number of amides is 2. The van der Waals surface area contributed by atoms with Gasteiger partial charge in [-0.3, -0.25) is 0 Å². The Morgan fingerprint density at radius 3 is 2.86 bits per heavy atom. The normalized spacial score (nSPS) is 19.6. The molecule has 1 atom stereocenters. The molecule has 0 radical (unpaired) electrons. The number of likely N-dealkylation sites (tertiary alicyclic amines) is 1. The Labute approximate surface area is 132 Å². The van der Waals surface area contributed by atoms with Crippen molar-refractivity contribution in [3.05, 3.63) is 16.1 Å². The molecule has 0 aromatic carbocycles. The van der Waals surface area contributed by atoms with Crippen molar-refractivity contribution in [2.45, 2.75) is 71.4 Å².